The van der Waals surface area contributed by atoms with Gasteiger partial charge in [-0.05, 0) is 52.0 Å². The van der Waals surface area contributed by atoms with Crippen LogP contribution in [0.25, 0.3) is 0 Å². The second kappa shape index (κ2) is 7.15. The molecule has 0 bridgehead atoms. The van der Waals surface area contributed by atoms with Gasteiger partial charge in [-0.3, -0.25) is 4.90 Å². The Morgan fingerprint density at radius 2 is 1.60 bits per heavy atom. The van der Waals surface area contributed by atoms with Gasteiger partial charge in [-0.25, -0.2) is 17.5 Å². The number of benzene rings is 1. The summed E-state index contributed by atoms with van der Waals surface area (Å²) in [7, 11) is -3.57. The van der Waals surface area contributed by atoms with E-state index in [2.05, 4.69) is 37.3 Å². The molecule has 1 aromatic rings. The van der Waals surface area contributed by atoms with Gasteiger partial charge in [0, 0.05) is 25.2 Å². The number of nitrogens with zero attached hydrogens (tertiary/aromatic N) is 1. The summed E-state index contributed by atoms with van der Waals surface area (Å²) >= 11 is 0. The SMILES string of the molecule is CC(C)N(CCNS(=O)(=O)c1ccc(F)cc1)C(C)C. The van der Waals surface area contributed by atoms with Crippen molar-refractivity contribution in [1.82, 2.24) is 9.62 Å². The topological polar surface area (TPSA) is 49.4 Å². The van der Waals surface area contributed by atoms with E-state index in [0.29, 0.717) is 25.2 Å². The summed E-state index contributed by atoms with van der Waals surface area (Å²) in [6.45, 7) is 9.28. The van der Waals surface area contributed by atoms with Crippen LogP contribution in [0.3, 0.4) is 0 Å². The normalized spacial score (nSPS) is 12.6. The molecule has 20 heavy (non-hydrogen) atoms. The first-order valence-electron chi connectivity index (χ1n) is 6.75. The molecule has 0 saturated heterocycles. The van der Waals surface area contributed by atoms with Gasteiger partial charge in [-0.2, -0.15) is 0 Å². The quantitative estimate of drug-likeness (QED) is 0.840. The Kier molecular flexibility index (Phi) is 6.10. The molecule has 4 nitrogen and oxygen atoms in total. The zero-order valence-electron chi connectivity index (χ0n) is 12.4. The van der Waals surface area contributed by atoms with Gasteiger partial charge in [0.05, 0.1) is 4.90 Å². The smallest absolute Gasteiger partial charge is 0.240 e. The molecule has 0 aliphatic heterocycles. The first-order valence-corrected chi connectivity index (χ1v) is 8.23. The van der Waals surface area contributed by atoms with E-state index in [-0.39, 0.29) is 4.90 Å². The van der Waals surface area contributed by atoms with Crippen molar-refractivity contribution in [3.05, 3.63) is 30.1 Å². The lowest BCUT2D eigenvalue weighted by molar-refractivity contribution is 0.179. The van der Waals surface area contributed by atoms with Gasteiger partial charge < -0.3 is 0 Å². The van der Waals surface area contributed by atoms with Crippen molar-refractivity contribution in [1.29, 1.82) is 0 Å². The Labute approximate surface area is 121 Å². The Bertz CT molecular complexity index is 504. The standard InChI is InChI=1S/C14H23FN2O2S/c1-11(2)17(12(3)4)10-9-16-20(18,19)14-7-5-13(15)6-8-14/h5-8,11-12,16H,9-10H2,1-4H3. The second-order valence-electron chi connectivity index (χ2n) is 5.28. The summed E-state index contributed by atoms with van der Waals surface area (Å²) < 4.78 is 39.4. The minimum absolute atomic E-state index is 0.0829. The van der Waals surface area contributed by atoms with Crippen LogP contribution in [0.1, 0.15) is 27.7 Å². The molecule has 0 saturated carbocycles. The third-order valence-corrected chi connectivity index (χ3v) is 4.59. The van der Waals surface area contributed by atoms with Gasteiger partial charge in [0.2, 0.25) is 10.0 Å². The molecular weight excluding hydrogens is 279 g/mol. The summed E-state index contributed by atoms with van der Waals surface area (Å²) in [6, 6.07) is 5.52. The van der Waals surface area contributed by atoms with Crippen LogP contribution in [0, 0.1) is 5.82 Å². The van der Waals surface area contributed by atoms with Crippen LogP contribution in [0.15, 0.2) is 29.2 Å². The minimum Gasteiger partial charge on any atom is -0.297 e. The van der Waals surface area contributed by atoms with Crippen LogP contribution in [-0.4, -0.2) is 38.5 Å². The maximum absolute atomic E-state index is 12.8. The van der Waals surface area contributed by atoms with E-state index in [0.717, 1.165) is 12.1 Å². The molecule has 1 N–H and O–H groups in total. The highest BCUT2D eigenvalue weighted by Crippen LogP contribution is 2.09. The average molecular weight is 302 g/mol. The highest BCUT2D eigenvalue weighted by molar-refractivity contribution is 7.89. The van der Waals surface area contributed by atoms with Crippen molar-refractivity contribution in [2.75, 3.05) is 13.1 Å². The van der Waals surface area contributed by atoms with E-state index in [1.807, 2.05) is 0 Å². The number of hydrogen-bond donors (Lipinski definition) is 1. The third-order valence-electron chi connectivity index (χ3n) is 3.11. The highest BCUT2D eigenvalue weighted by Gasteiger charge is 2.16. The van der Waals surface area contributed by atoms with Crippen LogP contribution in [0.2, 0.25) is 0 Å². The summed E-state index contributed by atoms with van der Waals surface area (Å²) in [5.41, 5.74) is 0. The largest absolute Gasteiger partial charge is 0.297 e. The molecule has 0 aromatic heterocycles. The fourth-order valence-corrected chi connectivity index (χ4v) is 3.14. The van der Waals surface area contributed by atoms with E-state index in [1.54, 1.807) is 0 Å². The Morgan fingerprint density at radius 3 is 2.05 bits per heavy atom. The van der Waals surface area contributed by atoms with Crippen molar-refractivity contribution in [2.24, 2.45) is 0 Å². The lowest BCUT2D eigenvalue weighted by Crippen LogP contribution is -2.42. The number of hydrogen-bond acceptors (Lipinski definition) is 3. The van der Waals surface area contributed by atoms with Crippen molar-refractivity contribution in [2.45, 2.75) is 44.7 Å². The summed E-state index contributed by atoms with van der Waals surface area (Å²) in [6.07, 6.45) is 0. The molecule has 0 heterocycles. The van der Waals surface area contributed by atoms with Crippen molar-refractivity contribution in [3.63, 3.8) is 0 Å². The minimum atomic E-state index is -3.57. The Balaban J connectivity index is 2.62. The molecule has 0 fully saturated rings. The summed E-state index contributed by atoms with van der Waals surface area (Å²) in [5, 5.41) is 0. The van der Waals surface area contributed by atoms with E-state index >= 15 is 0 Å². The lowest BCUT2D eigenvalue weighted by atomic mass is 10.2. The first-order chi connectivity index (χ1) is 9.24. The third kappa shape index (κ3) is 4.85. The van der Waals surface area contributed by atoms with Crippen LogP contribution in [-0.2, 0) is 10.0 Å². The lowest BCUT2D eigenvalue weighted by Gasteiger charge is -2.30. The number of sulfonamides is 1. The summed E-state index contributed by atoms with van der Waals surface area (Å²) in [5.74, 6) is -0.449. The fourth-order valence-electron chi connectivity index (χ4n) is 2.12. The molecule has 114 valence electrons. The van der Waals surface area contributed by atoms with Crippen LogP contribution in [0.4, 0.5) is 4.39 Å². The molecule has 1 rings (SSSR count). The molecule has 0 amide bonds. The van der Waals surface area contributed by atoms with Gasteiger partial charge in [0.15, 0.2) is 0 Å². The Hall–Kier alpha value is -0.980. The van der Waals surface area contributed by atoms with E-state index in [4.69, 9.17) is 0 Å². The maximum atomic E-state index is 12.8. The fraction of sp³-hybridized carbons (Fsp3) is 0.571. The van der Waals surface area contributed by atoms with Crippen LogP contribution < -0.4 is 4.72 Å². The van der Waals surface area contributed by atoms with Gasteiger partial charge in [0.25, 0.3) is 0 Å². The van der Waals surface area contributed by atoms with Gasteiger partial charge in [-0.15, -0.1) is 0 Å². The van der Waals surface area contributed by atoms with E-state index in [1.165, 1.54) is 12.1 Å². The monoisotopic (exact) mass is 302 g/mol. The Morgan fingerprint density at radius 1 is 1.10 bits per heavy atom. The molecule has 0 spiro atoms. The van der Waals surface area contributed by atoms with Gasteiger partial charge >= 0.3 is 0 Å². The van der Waals surface area contributed by atoms with Crippen molar-refractivity contribution >= 4 is 10.0 Å². The molecule has 0 unspecified atom stereocenters. The van der Waals surface area contributed by atoms with E-state index in [9.17, 15) is 12.8 Å². The van der Waals surface area contributed by atoms with Gasteiger partial charge in [-0.1, -0.05) is 0 Å². The predicted molar refractivity (Wildman–Crippen MR) is 78.6 cm³/mol. The molecule has 0 atom stereocenters. The molecule has 0 aliphatic rings. The van der Waals surface area contributed by atoms with Crippen LogP contribution >= 0.6 is 0 Å². The van der Waals surface area contributed by atoms with Crippen molar-refractivity contribution in [3.8, 4) is 0 Å². The summed E-state index contributed by atoms with van der Waals surface area (Å²) in [4.78, 5) is 2.28. The molecular formula is C14H23FN2O2S. The van der Waals surface area contributed by atoms with Crippen LogP contribution in [0.5, 0.6) is 0 Å². The van der Waals surface area contributed by atoms with Gasteiger partial charge in [0.1, 0.15) is 5.82 Å². The second-order valence-corrected chi connectivity index (χ2v) is 7.04. The maximum Gasteiger partial charge on any atom is 0.240 e. The molecule has 1 aromatic carbocycles. The number of nitrogens with one attached hydrogen (secondary N) is 1. The average Bonchev–Trinajstić information content (AvgIpc) is 2.34. The number of halogens is 1. The number of rotatable bonds is 7. The molecule has 0 aliphatic carbocycles. The molecule has 0 radical (unpaired) electrons. The first kappa shape index (κ1) is 17.1. The van der Waals surface area contributed by atoms with Crippen molar-refractivity contribution < 1.29 is 12.8 Å². The predicted octanol–water partition coefficient (Wildman–Crippen LogP) is 2.22. The molecule has 6 heteroatoms. The zero-order chi connectivity index (χ0) is 15.3. The highest BCUT2D eigenvalue weighted by atomic mass is 32.2. The zero-order valence-corrected chi connectivity index (χ0v) is 13.2. The van der Waals surface area contributed by atoms with E-state index < -0.39 is 15.8 Å².